The highest BCUT2D eigenvalue weighted by atomic mass is 35.5. The molecule has 1 aliphatic rings. The van der Waals surface area contributed by atoms with Gasteiger partial charge in [-0.2, -0.15) is 0 Å². The van der Waals surface area contributed by atoms with Crippen LogP contribution < -0.4 is 0 Å². The number of ether oxygens (including phenoxy) is 1. The molecule has 1 aromatic heterocycles. The molecule has 1 fully saturated rings. The van der Waals surface area contributed by atoms with Crippen molar-refractivity contribution in [1.82, 2.24) is 9.88 Å². The second kappa shape index (κ2) is 4.57. The summed E-state index contributed by atoms with van der Waals surface area (Å²) < 4.78 is 6.00. The Bertz CT molecular complexity index is 305. The van der Waals surface area contributed by atoms with Crippen LogP contribution in [0.1, 0.15) is 12.6 Å². The molecule has 0 bridgehead atoms. The average Bonchev–Trinajstić information content (AvgIpc) is 2.56. The zero-order valence-electron chi connectivity index (χ0n) is 8.07. The highest BCUT2D eigenvalue weighted by Gasteiger charge is 2.19. The smallest absolute Gasteiger partial charge is 0.183 e. The Balaban J connectivity index is 1.95. The van der Waals surface area contributed by atoms with Crippen molar-refractivity contribution in [3.63, 3.8) is 0 Å². The van der Waals surface area contributed by atoms with Crippen LogP contribution in [0.4, 0.5) is 0 Å². The predicted molar refractivity (Wildman–Crippen MR) is 57.8 cm³/mol. The summed E-state index contributed by atoms with van der Waals surface area (Å²) in [5.74, 6) is 0. The van der Waals surface area contributed by atoms with E-state index in [4.69, 9.17) is 16.3 Å². The minimum atomic E-state index is 0.476. The minimum Gasteiger partial charge on any atom is -0.379 e. The first kappa shape index (κ1) is 10.4. The number of hydrogen-bond donors (Lipinski definition) is 0. The Labute approximate surface area is 92.7 Å². The van der Waals surface area contributed by atoms with Crippen molar-refractivity contribution in [2.45, 2.75) is 19.5 Å². The molecule has 78 valence electrons. The number of halogens is 1. The van der Waals surface area contributed by atoms with Crippen molar-refractivity contribution in [1.29, 1.82) is 0 Å². The number of hydrogen-bond acceptors (Lipinski definition) is 4. The van der Waals surface area contributed by atoms with Gasteiger partial charge in [-0.3, -0.25) is 4.90 Å². The third-order valence-electron chi connectivity index (χ3n) is 2.39. The van der Waals surface area contributed by atoms with Crippen LogP contribution in [0.25, 0.3) is 0 Å². The summed E-state index contributed by atoms with van der Waals surface area (Å²) in [6.07, 6.45) is 0. The molecule has 1 atom stereocenters. The first-order chi connectivity index (χ1) is 6.75. The van der Waals surface area contributed by atoms with Gasteiger partial charge in [0.25, 0.3) is 0 Å². The molecular weight excluding hydrogens is 220 g/mol. The van der Waals surface area contributed by atoms with Gasteiger partial charge in [0.2, 0.25) is 0 Å². The molecule has 0 aliphatic carbocycles. The fourth-order valence-corrected chi connectivity index (χ4v) is 2.33. The van der Waals surface area contributed by atoms with Gasteiger partial charge < -0.3 is 4.74 Å². The van der Waals surface area contributed by atoms with Gasteiger partial charge in [0.05, 0.1) is 18.9 Å². The Morgan fingerprint density at radius 2 is 2.64 bits per heavy atom. The van der Waals surface area contributed by atoms with E-state index in [0.29, 0.717) is 10.5 Å². The fourth-order valence-electron chi connectivity index (χ4n) is 1.56. The van der Waals surface area contributed by atoms with Crippen LogP contribution in [0.3, 0.4) is 0 Å². The SMILES string of the molecule is C[C@@H]1COCCN1Cc1csc(Cl)n1. The maximum absolute atomic E-state index is 5.78. The van der Waals surface area contributed by atoms with E-state index in [0.717, 1.165) is 32.0 Å². The van der Waals surface area contributed by atoms with Gasteiger partial charge >= 0.3 is 0 Å². The summed E-state index contributed by atoms with van der Waals surface area (Å²) in [5.41, 5.74) is 1.06. The van der Waals surface area contributed by atoms with Crippen LogP contribution in [0.15, 0.2) is 5.38 Å². The Morgan fingerprint density at radius 3 is 3.29 bits per heavy atom. The lowest BCUT2D eigenvalue weighted by molar-refractivity contribution is -0.00482. The van der Waals surface area contributed by atoms with Gasteiger partial charge in [0.1, 0.15) is 0 Å². The van der Waals surface area contributed by atoms with E-state index in [-0.39, 0.29) is 0 Å². The molecule has 14 heavy (non-hydrogen) atoms. The van der Waals surface area contributed by atoms with Gasteiger partial charge in [-0.15, -0.1) is 11.3 Å². The predicted octanol–water partition coefficient (Wildman–Crippen LogP) is 2.02. The van der Waals surface area contributed by atoms with Crippen molar-refractivity contribution < 1.29 is 4.74 Å². The minimum absolute atomic E-state index is 0.476. The van der Waals surface area contributed by atoms with Gasteiger partial charge in [0.15, 0.2) is 4.47 Å². The van der Waals surface area contributed by atoms with Gasteiger partial charge in [-0.1, -0.05) is 11.6 Å². The lowest BCUT2D eigenvalue weighted by Crippen LogP contribution is -2.42. The summed E-state index contributed by atoms with van der Waals surface area (Å²) in [5, 5.41) is 2.02. The van der Waals surface area contributed by atoms with E-state index in [1.807, 2.05) is 5.38 Å². The molecule has 0 radical (unpaired) electrons. The molecule has 2 rings (SSSR count). The molecule has 3 nitrogen and oxygen atoms in total. The summed E-state index contributed by atoms with van der Waals surface area (Å²) >= 11 is 7.27. The first-order valence-corrected chi connectivity index (χ1v) is 5.93. The Morgan fingerprint density at radius 1 is 1.79 bits per heavy atom. The monoisotopic (exact) mass is 232 g/mol. The number of nitrogens with zero attached hydrogens (tertiary/aromatic N) is 2. The van der Waals surface area contributed by atoms with Crippen molar-refractivity contribution in [3.8, 4) is 0 Å². The maximum Gasteiger partial charge on any atom is 0.183 e. The lowest BCUT2D eigenvalue weighted by Gasteiger charge is -2.32. The van der Waals surface area contributed by atoms with Crippen LogP contribution in [0.2, 0.25) is 4.47 Å². The Hall–Kier alpha value is -0.160. The zero-order valence-corrected chi connectivity index (χ0v) is 9.64. The van der Waals surface area contributed by atoms with E-state index in [1.165, 1.54) is 11.3 Å². The van der Waals surface area contributed by atoms with Gasteiger partial charge in [-0.05, 0) is 6.92 Å². The highest BCUT2D eigenvalue weighted by molar-refractivity contribution is 7.13. The number of morpholine rings is 1. The normalized spacial score (nSPS) is 24.0. The van der Waals surface area contributed by atoms with Crippen molar-refractivity contribution in [2.24, 2.45) is 0 Å². The summed E-state index contributed by atoms with van der Waals surface area (Å²) in [4.78, 5) is 6.61. The molecular formula is C9H13ClN2OS. The van der Waals surface area contributed by atoms with E-state index in [2.05, 4.69) is 16.8 Å². The molecule has 1 aliphatic heterocycles. The molecule has 0 N–H and O–H groups in total. The third-order valence-corrected chi connectivity index (χ3v) is 3.42. The second-order valence-corrected chi connectivity index (χ2v) is 4.93. The quantitative estimate of drug-likeness (QED) is 0.780. The van der Waals surface area contributed by atoms with Crippen LogP contribution in [0.5, 0.6) is 0 Å². The van der Waals surface area contributed by atoms with Crippen LogP contribution >= 0.6 is 22.9 Å². The van der Waals surface area contributed by atoms with E-state index in [9.17, 15) is 0 Å². The van der Waals surface area contributed by atoms with Crippen molar-refractivity contribution in [3.05, 3.63) is 15.5 Å². The first-order valence-electron chi connectivity index (χ1n) is 4.67. The Kier molecular flexibility index (Phi) is 3.38. The maximum atomic E-state index is 5.78. The number of thiazole rings is 1. The summed E-state index contributed by atoms with van der Waals surface area (Å²) in [6.45, 7) is 5.68. The number of aromatic nitrogens is 1. The van der Waals surface area contributed by atoms with E-state index in [1.54, 1.807) is 0 Å². The van der Waals surface area contributed by atoms with Gasteiger partial charge in [0, 0.05) is 24.5 Å². The standard InChI is InChI=1S/C9H13ClN2OS/c1-7-5-13-3-2-12(7)4-8-6-14-9(10)11-8/h6-7H,2-5H2,1H3/t7-/m1/s1. The zero-order chi connectivity index (χ0) is 9.97. The fraction of sp³-hybridized carbons (Fsp3) is 0.667. The van der Waals surface area contributed by atoms with Crippen LogP contribution in [-0.4, -0.2) is 35.7 Å². The van der Waals surface area contributed by atoms with Crippen LogP contribution in [0, 0.1) is 0 Å². The second-order valence-electron chi connectivity index (χ2n) is 3.49. The summed E-state index contributed by atoms with van der Waals surface area (Å²) in [6, 6.07) is 0.476. The molecule has 5 heteroatoms. The molecule has 1 aromatic rings. The van der Waals surface area contributed by atoms with Crippen molar-refractivity contribution in [2.75, 3.05) is 19.8 Å². The van der Waals surface area contributed by atoms with Crippen molar-refractivity contribution >= 4 is 22.9 Å². The van der Waals surface area contributed by atoms with E-state index >= 15 is 0 Å². The third kappa shape index (κ3) is 2.45. The summed E-state index contributed by atoms with van der Waals surface area (Å²) in [7, 11) is 0. The largest absolute Gasteiger partial charge is 0.379 e. The molecule has 0 aromatic carbocycles. The average molecular weight is 233 g/mol. The molecule has 2 heterocycles. The lowest BCUT2D eigenvalue weighted by atomic mass is 10.2. The van der Waals surface area contributed by atoms with E-state index < -0.39 is 0 Å². The highest BCUT2D eigenvalue weighted by Crippen LogP contribution is 2.18. The molecule has 0 unspecified atom stereocenters. The number of rotatable bonds is 2. The van der Waals surface area contributed by atoms with Crippen LogP contribution in [-0.2, 0) is 11.3 Å². The molecule has 0 saturated carbocycles. The molecule has 1 saturated heterocycles. The molecule has 0 spiro atoms. The topological polar surface area (TPSA) is 25.4 Å². The van der Waals surface area contributed by atoms with Gasteiger partial charge in [-0.25, -0.2) is 4.98 Å². The molecule has 0 amide bonds.